The van der Waals surface area contributed by atoms with Gasteiger partial charge in [0.05, 0.1) is 17.1 Å². The maximum absolute atomic E-state index is 12.4. The second-order valence-electron chi connectivity index (χ2n) is 6.61. The lowest BCUT2D eigenvalue weighted by Crippen LogP contribution is -2.30. The van der Waals surface area contributed by atoms with Crippen LogP contribution in [0.25, 0.3) is 0 Å². The predicted molar refractivity (Wildman–Crippen MR) is 105 cm³/mol. The van der Waals surface area contributed by atoms with Gasteiger partial charge in [0, 0.05) is 24.0 Å². The summed E-state index contributed by atoms with van der Waals surface area (Å²) in [5.41, 5.74) is 1.77. The van der Waals surface area contributed by atoms with E-state index in [1.165, 1.54) is 31.0 Å². The molecule has 2 heterocycles. The maximum atomic E-state index is 12.4. The maximum Gasteiger partial charge on any atom is 0.277 e. The van der Waals surface area contributed by atoms with Crippen molar-refractivity contribution >= 4 is 40.6 Å². The summed E-state index contributed by atoms with van der Waals surface area (Å²) < 4.78 is 5.52. The summed E-state index contributed by atoms with van der Waals surface area (Å²) in [5.74, 6) is 0.824. The van der Waals surface area contributed by atoms with Crippen LogP contribution in [0.2, 0.25) is 5.02 Å². The molecule has 6 nitrogen and oxygen atoms in total. The second kappa shape index (κ2) is 8.77. The summed E-state index contributed by atoms with van der Waals surface area (Å²) in [6.45, 7) is 5.96. The number of carbonyl (C=O) groups excluding carboxylic acids is 1. The van der Waals surface area contributed by atoms with Crippen molar-refractivity contribution in [3.05, 3.63) is 29.1 Å². The molecule has 0 bridgehead atoms. The van der Waals surface area contributed by atoms with Crippen molar-refractivity contribution in [3.63, 3.8) is 0 Å². The first-order valence-electron chi connectivity index (χ1n) is 8.83. The molecular formula is C18H23ClN4O2S. The monoisotopic (exact) mass is 394 g/mol. The lowest BCUT2D eigenvalue weighted by atomic mass is 10.1. The number of nitrogens with one attached hydrogen (secondary N) is 1. The van der Waals surface area contributed by atoms with Crippen LogP contribution in [0.5, 0.6) is 0 Å². The molecule has 0 aliphatic carbocycles. The molecule has 1 saturated heterocycles. The quantitative estimate of drug-likeness (QED) is 0.723. The van der Waals surface area contributed by atoms with Crippen molar-refractivity contribution in [3.8, 4) is 0 Å². The Bertz CT molecular complexity index is 759. The molecule has 0 spiro atoms. The van der Waals surface area contributed by atoms with Crippen LogP contribution < -0.4 is 10.2 Å². The Balaban J connectivity index is 1.63. The van der Waals surface area contributed by atoms with E-state index in [2.05, 4.69) is 20.4 Å². The molecule has 1 fully saturated rings. The van der Waals surface area contributed by atoms with Gasteiger partial charge in [-0.05, 0) is 37.5 Å². The van der Waals surface area contributed by atoms with Gasteiger partial charge in [-0.25, -0.2) is 0 Å². The Morgan fingerprint density at radius 3 is 2.77 bits per heavy atom. The van der Waals surface area contributed by atoms with Gasteiger partial charge in [-0.2, -0.15) is 0 Å². The minimum Gasteiger partial charge on any atom is -0.416 e. The lowest BCUT2D eigenvalue weighted by molar-refractivity contribution is -0.113. The number of piperidine rings is 1. The van der Waals surface area contributed by atoms with Crippen LogP contribution in [-0.4, -0.2) is 34.9 Å². The summed E-state index contributed by atoms with van der Waals surface area (Å²) in [6.07, 6.45) is 3.59. The average Bonchev–Trinajstić information content (AvgIpc) is 3.10. The van der Waals surface area contributed by atoms with Gasteiger partial charge in [-0.3, -0.25) is 4.79 Å². The van der Waals surface area contributed by atoms with E-state index in [-0.39, 0.29) is 17.6 Å². The second-order valence-corrected chi connectivity index (χ2v) is 7.97. The topological polar surface area (TPSA) is 71.3 Å². The summed E-state index contributed by atoms with van der Waals surface area (Å²) in [5, 5.41) is 11.9. The van der Waals surface area contributed by atoms with Gasteiger partial charge in [-0.15, -0.1) is 10.2 Å². The Morgan fingerprint density at radius 1 is 1.31 bits per heavy atom. The van der Waals surface area contributed by atoms with Crippen LogP contribution in [0.4, 0.5) is 11.4 Å². The van der Waals surface area contributed by atoms with Crippen molar-refractivity contribution in [2.24, 2.45) is 0 Å². The third-order valence-corrected chi connectivity index (χ3v) is 5.23. The summed E-state index contributed by atoms with van der Waals surface area (Å²) in [4.78, 5) is 14.7. The number of thioether (sulfide) groups is 1. The molecule has 3 rings (SSSR count). The van der Waals surface area contributed by atoms with Gasteiger partial charge < -0.3 is 14.6 Å². The van der Waals surface area contributed by atoms with E-state index >= 15 is 0 Å². The van der Waals surface area contributed by atoms with Crippen LogP contribution in [0, 0.1) is 0 Å². The first-order chi connectivity index (χ1) is 12.5. The van der Waals surface area contributed by atoms with E-state index in [1.54, 1.807) is 6.07 Å². The number of halogens is 1. The van der Waals surface area contributed by atoms with E-state index in [4.69, 9.17) is 16.0 Å². The predicted octanol–water partition coefficient (Wildman–Crippen LogP) is 4.57. The molecule has 0 saturated carbocycles. The highest BCUT2D eigenvalue weighted by molar-refractivity contribution is 7.99. The number of amides is 1. The zero-order chi connectivity index (χ0) is 18.5. The molecule has 26 heavy (non-hydrogen) atoms. The third-order valence-electron chi connectivity index (χ3n) is 4.17. The zero-order valence-corrected chi connectivity index (χ0v) is 16.6. The number of rotatable bonds is 6. The first-order valence-corrected chi connectivity index (χ1v) is 10.2. The number of hydrogen-bond donors (Lipinski definition) is 1. The SMILES string of the molecule is CC(C)c1nnc(SCC(=O)Nc2cc(Cl)ccc2N2CCCCC2)o1. The van der Waals surface area contributed by atoms with E-state index < -0.39 is 0 Å². The van der Waals surface area contributed by atoms with Gasteiger partial charge in [0.2, 0.25) is 11.8 Å². The Labute approximate surface area is 162 Å². The van der Waals surface area contributed by atoms with Crippen LogP contribution in [-0.2, 0) is 4.79 Å². The standard InChI is InChI=1S/C18H23ClN4O2S/c1-12(2)17-21-22-18(25-17)26-11-16(24)20-14-10-13(19)6-7-15(14)23-8-4-3-5-9-23/h6-7,10,12H,3-5,8-9,11H2,1-2H3,(H,20,24). The smallest absolute Gasteiger partial charge is 0.277 e. The molecular weight excluding hydrogens is 372 g/mol. The van der Waals surface area contributed by atoms with Crippen molar-refractivity contribution in [1.82, 2.24) is 10.2 Å². The highest BCUT2D eigenvalue weighted by Crippen LogP contribution is 2.31. The van der Waals surface area contributed by atoms with Crippen molar-refractivity contribution in [2.45, 2.75) is 44.3 Å². The van der Waals surface area contributed by atoms with Gasteiger partial charge >= 0.3 is 0 Å². The molecule has 2 aromatic rings. The molecule has 140 valence electrons. The van der Waals surface area contributed by atoms with E-state index in [0.29, 0.717) is 16.1 Å². The average molecular weight is 395 g/mol. The number of nitrogens with zero attached hydrogens (tertiary/aromatic N) is 3. The fraction of sp³-hybridized carbons (Fsp3) is 0.500. The van der Waals surface area contributed by atoms with E-state index in [0.717, 1.165) is 24.5 Å². The molecule has 1 aliphatic heterocycles. The number of benzene rings is 1. The number of carbonyl (C=O) groups is 1. The number of hydrogen-bond acceptors (Lipinski definition) is 6. The Morgan fingerprint density at radius 2 is 2.08 bits per heavy atom. The van der Waals surface area contributed by atoms with E-state index in [9.17, 15) is 4.79 Å². The molecule has 1 aromatic carbocycles. The molecule has 0 radical (unpaired) electrons. The number of anilines is 2. The van der Waals surface area contributed by atoms with Crippen molar-refractivity contribution < 1.29 is 9.21 Å². The highest BCUT2D eigenvalue weighted by atomic mass is 35.5. The summed E-state index contributed by atoms with van der Waals surface area (Å²) in [7, 11) is 0. The third kappa shape index (κ3) is 4.92. The van der Waals surface area contributed by atoms with Crippen molar-refractivity contribution in [1.29, 1.82) is 0 Å². The minimum absolute atomic E-state index is 0.125. The van der Waals surface area contributed by atoms with Gasteiger partial charge in [-0.1, -0.05) is 37.2 Å². The molecule has 8 heteroatoms. The van der Waals surface area contributed by atoms with Gasteiger partial charge in [0.1, 0.15) is 0 Å². The van der Waals surface area contributed by atoms with Crippen LogP contribution in [0.3, 0.4) is 0 Å². The molecule has 1 aliphatic rings. The summed E-state index contributed by atoms with van der Waals surface area (Å²) in [6, 6.07) is 5.64. The molecule has 1 amide bonds. The van der Waals surface area contributed by atoms with Crippen LogP contribution in [0.15, 0.2) is 27.8 Å². The van der Waals surface area contributed by atoms with Crippen molar-refractivity contribution in [2.75, 3.05) is 29.1 Å². The zero-order valence-electron chi connectivity index (χ0n) is 15.0. The molecule has 1 aromatic heterocycles. The minimum atomic E-state index is -0.125. The Kier molecular flexibility index (Phi) is 6.43. The summed E-state index contributed by atoms with van der Waals surface area (Å²) >= 11 is 7.37. The van der Waals surface area contributed by atoms with Gasteiger partial charge in [0.25, 0.3) is 5.22 Å². The first kappa shape index (κ1) is 19.0. The Hall–Kier alpha value is -1.73. The van der Waals surface area contributed by atoms with Crippen LogP contribution >= 0.6 is 23.4 Å². The molecule has 0 atom stereocenters. The lowest BCUT2D eigenvalue weighted by Gasteiger charge is -2.30. The van der Waals surface area contributed by atoms with Gasteiger partial charge in [0.15, 0.2) is 0 Å². The largest absolute Gasteiger partial charge is 0.416 e. The van der Waals surface area contributed by atoms with Crippen LogP contribution in [0.1, 0.15) is 44.9 Å². The molecule has 0 unspecified atom stereocenters. The fourth-order valence-electron chi connectivity index (χ4n) is 2.84. The number of aromatic nitrogens is 2. The van der Waals surface area contributed by atoms with E-state index in [1.807, 2.05) is 26.0 Å². The normalized spacial score (nSPS) is 14.7. The fourth-order valence-corrected chi connectivity index (χ4v) is 3.59. The molecule has 1 N–H and O–H groups in total. The highest BCUT2D eigenvalue weighted by Gasteiger charge is 2.17.